The van der Waals surface area contributed by atoms with Crippen molar-refractivity contribution < 1.29 is 28.6 Å². The molecule has 1 atom stereocenters. The van der Waals surface area contributed by atoms with Gasteiger partial charge in [0.15, 0.2) is 0 Å². The van der Waals surface area contributed by atoms with Gasteiger partial charge in [-0.3, -0.25) is 9.59 Å². The predicted molar refractivity (Wildman–Crippen MR) is 86.4 cm³/mol. The van der Waals surface area contributed by atoms with Crippen LogP contribution in [0.3, 0.4) is 0 Å². The Balaban J connectivity index is 2.93. The Morgan fingerprint density at radius 2 is 2.04 bits per heavy atom. The standard InChI is InChI=1S/C17H24FNO5/c1-4-12(2)19(10-16(20)21)17(22)13-5-6-15(18)14(9-13)11-24-8-7-23-3/h5-6,9,12H,4,7-8,10-11H2,1-3H3,(H,20,21). The van der Waals surface area contributed by atoms with Crippen LogP contribution >= 0.6 is 0 Å². The number of halogens is 1. The molecule has 1 aromatic carbocycles. The largest absolute Gasteiger partial charge is 0.480 e. The monoisotopic (exact) mass is 341 g/mol. The van der Waals surface area contributed by atoms with Crippen molar-refractivity contribution in [2.45, 2.75) is 32.9 Å². The number of methoxy groups -OCH3 is 1. The lowest BCUT2D eigenvalue weighted by Crippen LogP contribution is -2.41. The van der Waals surface area contributed by atoms with Crippen molar-refractivity contribution >= 4 is 11.9 Å². The molecule has 0 saturated heterocycles. The number of carboxylic acid groups (broad SMARTS) is 1. The van der Waals surface area contributed by atoms with E-state index in [1.807, 2.05) is 6.92 Å². The number of carbonyl (C=O) groups is 2. The van der Waals surface area contributed by atoms with Gasteiger partial charge in [-0.15, -0.1) is 0 Å². The summed E-state index contributed by atoms with van der Waals surface area (Å²) in [6.45, 7) is 3.96. The lowest BCUT2D eigenvalue weighted by atomic mass is 10.1. The van der Waals surface area contributed by atoms with E-state index in [2.05, 4.69) is 0 Å². The van der Waals surface area contributed by atoms with Gasteiger partial charge in [-0.2, -0.15) is 0 Å². The molecule has 1 amide bonds. The van der Waals surface area contributed by atoms with E-state index in [-0.39, 0.29) is 23.8 Å². The molecule has 1 N–H and O–H groups in total. The molecule has 7 heteroatoms. The number of aliphatic carboxylic acids is 1. The Hall–Kier alpha value is -1.99. The van der Waals surface area contributed by atoms with Crippen LogP contribution in [0.5, 0.6) is 0 Å². The maximum atomic E-state index is 13.8. The number of rotatable bonds is 10. The van der Waals surface area contributed by atoms with Crippen LogP contribution in [0.4, 0.5) is 4.39 Å². The first-order valence-electron chi connectivity index (χ1n) is 7.78. The number of benzene rings is 1. The summed E-state index contributed by atoms with van der Waals surface area (Å²) in [5.74, 6) is -2.00. The maximum absolute atomic E-state index is 13.8. The van der Waals surface area contributed by atoms with Crippen LogP contribution in [-0.4, -0.2) is 54.8 Å². The number of hydrogen-bond donors (Lipinski definition) is 1. The van der Waals surface area contributed by atoms with Crippen LogP contribution < -0.4 is 0 Å². The fourth-order valence-corrected chi connectivity index (χ4v) is 2.10. The molecule has 0 radical (unpaired) electrons. The molecule has 0 aliphatic heterocycles. The van der Waals surface area contributed by atoms with Crippen molar-refractivity contribution in [3.8, 4) is 0 Å². The molecule has 1 rings (SSSR count). The molecule has 0 heterocycles. The highest BCUT2D eigenvalue weighted by Crippen LogP contribution is 2.16. The van der Waals surface area contributed by atoms with Gasteiger partial charge in [-0.05, 0) is 31.5 Å². The van der Waals surface area contributed by atoms with E-state index >= 15 is 0 Å². The summed E-state index contributed by atoms with van der Waals surface area (Å²) in [6.07, 6.45) is 0.618. The van der Waals surface area contributed by atoms with Gasteiger partial charge in [0.05, 0.1) is 19.8 Å². The molecule has 0 aliphatic carbocycles. The van der Waals surface area contributed by atoms with E-state index in [0.717, 1.165) is 0 Å². The number of carboxylic acids is 1. The fourth-order valence-electron chi connectivity index (χ4n) is 2.10. The Morgan fingerprint density at radius 1 is 1.33 bits per heavy atom. The van der Waals surface area contributed by atoms with E-state index in [1.54, 1.807) is 6.92 Å². The second kappa shape index (κ2) is 10.00. The quantitative estimate of drug-likeness (QED) is 0.661. The smallest absolute Gasteiger partial charge is 0.323 e. The van der Waals surface area contributed by atoms with E-state index in [4.69, 9.17) is 14.6 Å². The molecule has 1 aromatic rings. The molecular weight excluding hydrogens is 317 g/mol. The Bertz CT molecular complexity index is 564. The Labute approximate surface area is 141 Å². The van der Waals surface area contributed by atoms with Gasteiger partial charge in [0.1, 0.15) is 12.4 Å². The van der Waals surface area contributed by atoms with E-state index in [9.17, 15) is 14.0 Å². The topological polar surface area (TPSA) is 76.1 Å². The molecule has 6 nitrogen and oxygen atoms in total. The first-order valence-corrected chi connectivity index (χ1v) is 7.78. The zero-order chi connectivity index (χ0) is 18.1. The summed E-state index contributed by atoms with van der Waals surface area (Å²) in [5, 5.41) is 9.00. The molecule has 0 aliphatic rings. The van der Waals surface area contributed by atoms with Crippen LogP contribution in [0.15, 0.2) is 18.2 Å². The van der Waals surface area contributed by atoms with Crippen LogP contribution in [0.2, 0.25) is 0 Å². The molecule has 0 aromatic heterocycles. The zero-order valence-electron chi connectivity index (χ0n) is 14.3. The molecule has 134 valence electrons. The number of nitrogens with zero attached hydrogens (tertiary/aromatic N) is 1. The number of ether oxygens (including phenoxy) is 2. The first kappa shape index (κ1) is 20.1. The van der Waals surface area contributed by atoms with Crippen LogP contribution in [0, 0.1) is 5.82 Å². The summed E-state index contributed by atoms with van der Waals surface area (Å²) in [5.41, 5.74) is 0.486. The normalized spacial score (nSPS) is 12.0. The van der Waals surface area contributed by atoms with Crippen LogP contribution in [0.25, 0.3) is 0 Å². The summed E-state index contributed by atoms with van der Waals surface area (Å²) < 4.78 is 24.0. The molecule has 1 unspecified atom stereocenters. The second-order valence-corrected chi connectivity index (χ2v) is 5.44. The Kier molecular flexibility index (Phi) is 8.35. The fraction of sp³-hybridized carbons (Fsp3) is 0.529. The molecule has 0 bridgehead atoms. The average Bonchev–Trinajstić information content (AvgIpc) is 2.56. The minimum absolute atomic E-state index is 0.0125. The third-order valence-electron chi connectivity index (χ3n) is 3.67. The summed E-state index contributed by atoms with van der Waals surface area (Å²) in [4.78, 5) is 24.9. The van der Waals surface area contributed by atoms with E-state index in [0.29, 0.717) is 19.6 Å². The van der Waals surface area contributed by atoms with Gasteiger partial charge in [0.25, 0.3) is 5.91 Å². The van der Waals surface area contributed by atoms with Crippen molar-refractivity contribution in [3.05, 3.63) is 35.1 Å². The summed E-state index contributed by atoms with van der Waals surface area (Å²) >= 11 is 0. The molecule has 0 spiro atoms. The minimum Gasteiger partial charge on any atom is -0.480 e. The highest BCUT2D eigenvalue weighted by atomic mass is 19.1. The molecule has 24 heavy (non-hydrogen) atoms. The van der Waals surface area contributed by atoms with Gasteiger partial charge in [-0.25, -0.2) is 4.39 Å². The summed E-state index contributed by atoms with van der Waals surface area (Å²) in [6, 6.07) is 3.72. The number of amides is 1. The van der Waals surface area contributed by atoms with E-state index in [1.165, 1.54) is 30.2 Å². The Morgan fingerprint density at radius 3 is 2.62 bits per heavy atom. The molecular formula is C17H24FNO5. The maximum Gasteiger partial charge on any atom is 0.323 e. The van der Waals surface area contributed by atoms with Crippen molar-refractivity contribution in [1.29, 1.82) is 0 Å². The third-order valence-corrected chi connectivity index (χ3v) is 3.67. The van der Waals surface area contributed by atoms with Gasteiger partial charge < -0.3 is 19.5 Å². The number of carbonyl (C=O) groups excluding carboxylic acids is 1. The van der Waals surface area contributed by atoms with Crippen molar-refractivity contribution in [2.24, 2.45) is 0 Å². The highest BCUT2D eigenvalue weighted by molar-refractivity contribution is 5.96. The number of hydrogen-bond acceptors (Lipinski definition) is 4. The zero-order valence-corrected chi connectivity index (χ0v) is 14.3. The van der Waals surface area contributed by atoms with Crippen molar-refractivity contribution in [2.75, 3.05) is 26.9 Å². The van der Waals surface area contributed by atoms with Crippen molar-refractivity contribution in [3.63, 3.8) is 0 Å². The third kappa shape index (κ3) is 5.90. The lowest BCUT2D eigenvalue weighted by Gasteiger charge is -2.27. The van der Waals surface area contributed by atoms with Crippen LogP contribution in [0.1, 0.15) is 36.2 Å². The van der Waals surface area contributed by atoms with Gasteiger partial charge >= 0.3 is 5.97 Å². The SMILES string of the molecule is CCC(C)N(CC(=O)O)C(=O)c1ccc(F)c(COCCOC)c1. The lowest BCUT2D eigenvalue weighted by molar-refractivity contribution is -0.138. The van der Waals surface area contributed by atoms with Gasteiger partial charge in [-0.1, -0.05) is 6.92 Å². The first-order chi connectivity index (χ1) is 11.4. The van der Waals surface area contributed by atoms with Gasteiger partial charge in [0.2, 0.25) is 0 Å². The van der Waals surface area contributed by atoms with Crippen LogP contribution in [-0.2, 0) is 20.9 Å². The predicted octanol–water partition coefficient (Wildman–Crippen LogP) is 2.31. The minimum atomic E-state index is -1.09. The van der Waals surface area contributed by atoms with Crippen molar-refractivity contribution in [1.82, 2.24) is 4.90 Å². The molecule has 0 saturated carbocycles. The summed E-state index contributed by atoms with van der Waals surface area (Å²) in [7, 11) is 1.54. The average molecular weight is 341 g/mol. The highest BCUT2D eigenvalue weighted by Gasteiger charge is 2.23. The molecule has 0 fully saturated rings. The van der Waals surface area contributed by atoms with Gasteiger partial charge in [0, 0.05) is 24.3 Å². The van der Waals surface area contributed by atoms with E-state index < -0.39 is 24.2 Å². The second-order valence-electron chi connectivity index (χ2n) is 5.44.